The molecule has 2 rings (SSSR count). The molecule has 0 aliphatic carbocycles. The predicted octanol–water partition coefficient (Wildman–Crippen LogP) is 4.18. The SMILES string of the molecule is CN(C(=O)OC(C)(C)C)C1CCN(c2ccc(Cl)cc2)CC1. The van der Waals surface area contributed by atoms with Crippen LogP contribution in [0.3, 0.4) is 0 Å². The average molecular weight is 325 g/mol. The minimum atomic E-state index is -0.449. The van der Waals surface area contributed by atoms with E-state index in [2.05, 4.69) is 4.90 Å². The molecule has 0 saturated carbocycles. The van der Waals surface area contributed by atoms with Crippen molar-refractivity contribution in [1.82, 2.24) is 4.90 Å². The van der Waals surface area contributed by atoms with E-state index in [1.54, 1.807) is 4.90 Å². The molecule has 0 unspecified atom stereocenters. The van der Waals surface area contributed by atoms with E-state index in [-0.39, 0.29) is 12.1 Å². The summed E-state index contributed by atoms with van der Waals surface area (Å²) in [6, 6.07) is 8.14. The smallest absolute Gasteiger partial charge is 0.410 e. The van der Waals surface area contributed by atoms with Crippen LogP contribution in [0.25, 0.3) is 0 Å². The molecule has 1 aliphatic rings. The number of hydrogen-bond donors (Lipinski definition) is 0. The maximum Gasteiger partial charge on any atom is 0.410 e. The Labute approximate surface area is 138 Å². The van der Waals surface area contributed by atoms with Gasteiger partial charge in [0.05, 0.1) is 0 Å². The van der Waals surface area contributed by atoms with Gasteiger partial charge in [0, 0.05) is 36.9 Å². The molecule has 4 nitrogen and oxygen atoms in total. The van der Waals surface area contributed by atoms with Crippen molar-refractivity contribution in [2.75, 3.05) is 25.0 Å². The van der Waals surface area contributed by atoms with Gasteiger partial charge in [-0.2, -0.15) is 0 Å². The summed E-state index contributed by atoms with van der Waals surface area (Å²) in [5.74, 6) is 0. The van der Waals surface area contributed by atoms with Crippen LogP contribution in [0, 0.1) is 0 Å². The van der Waals surface area contributed by atoms with Crippen molar-refractivity contribution in [2.45, 2.75) is 45.3 Å². The van der Waals surface area contributed by atoms with Crippen LogP contribution in [0.15, 0.2) is 24.3 Å². The second kappa shape index (κ2) is 6.78. The molecular formula is C17H25ClN2O2. The number of ether oxygens (including phenoxy) is 1. The molecule has 22 heavy (non-hydrogen) atoms. The molecule has 0 N–H and O–H groups in total. The summed E-state index contributed by atoms with van der Waals surface area (Å²) >= 11 is 5.93. The highest BCUT2D eigenvalue weighted by atomic mass is 35.5. The minimum Gasteiger partial charge on any atom is -0.444 e. The standard InChI is InChI=1S/C17H25ClN2O2/c1-17(2,3)22-16(21)19(4)14-9-11-20(12-10-14)15-7-5-13(18)6-8-15/h5-8,14H,9-12H2,1-4H3. The van der Waals surface area contributed by atoms with Crippen LogP contribution in [0.5, 0.6) is 0 Å². The predicted molar refractivity (Wildman–Crippen MR) is 90.7 cm³/mol. The van der Waals surface area contributed by atoms with Gasteiger partial charge in [0.25, 0.3) is 0 Å². The first kappa shape index (κ1) is 16.9. The first-order chi connectivity index (χ1) is 10.3. The van der Waals surface area contributed by atoms with E-state index < -0.39 is 5.60 Å². The molecule has 1 aliphatic heterocycles. The maximum atomic E-state index is 12.1. The zero-order valence-electron chi connectivity index (χ0n) is 13.8. The fourth-order valence-electron chi connectivity index (χ4n) is 2.65. The molecule has 122 valence electrons. The second-order valence-corrected chi connectivity index (χ2v) is 7.22. The molecule has 0 radical (unpaired) electrons. The minimum absolute atomic E-state index is 0.235. The first-order valence-electron chi connectivity index (χ1n) is 7.72. The second-order valence-electron chi connectivity index (χ2n) is 6.79. The van der Waals surface area contributed by atoms with Crippen LogP contribution in [0.1, 0.15) is 33.6 Å². The van der Waals surface area contributed by atoms with Crippen LogP contribution in [0.2, 0.25) is 5.02 Å². The lowest BCUT2D eigenvalue weighted by Crippen LogP contribution is -2.47. The number of carbonyl (C=O) groups excluding carboxylic acids is 1. The van der Waals surface area contributed by atoms with E-state index in [1.807, 2.05) is 52.1 Å². The van der Waals surface area contributed by atoms with Crippen LogP contribution in [-0.2, 0) is 4.74 Å². The lowest BCUT2D eigenvalue weighted by atomic mass is 10.0. The zero-order chi connectivity index (χ0) is 16.3. The van der Waals surface area contributed by atoms with E-state index in [1.165, 1.54) is 5.69 Å². The van der Waals surface area contributed by atoms with Crippen molar-refractivity contribution in [3.8, 4) is 0 Å². The van der Waals surface area contributed by atoms with Crippen molar-refractivity contribution in [2.24, 2.45) is 0 Å². The molecule has 1 heterocycles. The van der Waals surface area contributed by atoms with Gasteiger partial charge >= 0.3 is 6.09 Å². The summed E-state index contributed by atoms with van der Waals surface area (Å²) in [4.78, 5) is 16.2. The van der Waals surface area contributed by atoms with Crippen LogP contribution in [-0.4, -0.2) is 42.8 Å². The Hall–Kier alpha value is -1.42. The lowest BCUT2D eigenvalue weighted by Gasteiger charge is -2.38. The van der Waals surface area contributed by atoms with Gasteiger partial charge in [-0.1, -0.05) is 11.6 Å². The third-order valence-corrected chi connectivity index (χ3v) is 4.14. The molecule has 5 heteroatoms. The number of hydrogen-bond acceptors (Lipinski definition) is 3. The quantitative estimate of drug-likeness (QED) is 0.818. The van der Waals surface area contributed by atoms with Crippen LogP contribution in [0.4, 0.5) is 10.5 Å². The van der Waals surface area contributed by atoms with Crippen molar-refractivity contribution >= 4 is 23.4 Å². The molecule has 1 aromatic carbocycles. The number of anilines is 1. The zero-order valence-corrected chi connectivity index (χ0v) is 14.6. The molecule has 0 atom stereocenters. The molecule has 1 amide bonds. The number of piperidine rings is 1. The number of carbonyl (C=O) groups is 1. The fraction of sp³-hybridized carbons (Fsp3) is 0.588. The summed E-state index contributed by atoms with van der Waals surface area (Å²) in [6.07, 6.45) is 1.65. The first-order valence-corrected chi connectivity index (χ1v) is 8.10. The Bertz CT molecular complexity index is 502. The molecule has 1 fully saturated rings. The molecule has 0 bridgehead atoms. The summed E-state index contributed by atoms with van der Waals surface area (Å²) in [5.41, 5.74) is 0.734. The number of halogens is 1. The Morgan fingerprint density at radius 1 is 1.23 bits per heavy atom. The number of benzene rings is 1. The van der Waals surface area contributed by atoms with E-state index in [0.29, 0.717) is 0 Å². The van der Waals surface area contributed by atoms with Crippen molar-refractivity contribution in [3.63, 3.8) is 0 Å². The molecular weight excluding hydrogens is 300 g/mol. The van der Waals surface area contributed by atoms with Gasteiger partial charge in [0.2, 0.25) is 0 Å². The largest absolute Gasteiger partial charge is 0.444 e. The van der Waals surface area contributed by atoms with E-state index in [4.69, 9.17) is 16.3 Å². The molecule has 1 saturated heterocycles. The summed E-state index contributed by atoms with van der Waals surface area (Å²) in [5, 5.41) is 0.753. The highest BCUT2D eigenvalue weighted by Crippen LogP contribution is 2.24. The van der Waals surface area contributed by atoms with Crippen LogP contribution >= 0.6 is 11.6 Å². The van der Waals surface area contributed by atoms with Gasteiger partial charge in [-0.15, -0.1) is 0 Å². The monoisotopic (exact) mass is 324 g/mol. The number of nitrogens with zero attached hydrogens (tertiary/aromatic N) is 2. The van der Waals surface area contributed by atoms with Gasteiger partial charge in [-0.05, 0) is 57.9 Å². The Balaban J connectivity index is 1.88. The normalized spacial score (nSPS) is 16.5. The molecule has 1 aromatic rings. The van der Waals surface area contributed by atoms with Crippen molar-refractivity contribution in [1.29, 1.82) is 0 Å². The topological polar surface area (TPSA) is 32.8 Å². The summed E-state index contributed by atoms with van der Waals surface area (Å²) in [7, 11) is 1.83. The van der Waals surface area contributed by atoms with Crippen molar-refractivity contribution < 1.29 is 9.53 Å². The highest BCUT2D eigenvalue weighted by molar-refractivity contribution is 6.30. The maximum absolute atomic E-state index is 12.1. The van der Waals surface area contributed by atoms with Gasteiger partial charge < -0.3 is 14.5 Å². The van der Waals surface area contributed by atoms with Gasteiger partial charge in [-0.3, -0.25) is 0 Å². The lowest BCUT2D eigenvalue weighted by molar-refractivity contribution is 0.0201. The molecule has 0 spiro atoms. The number of amides is 1. The number of rotatable bonds is 2. The van der Waals surface area contributed by atoms with E-state index >= 15 is 0 Å². The van der Waals surface area contributed by atoms with E-state index in [9.17, 15) is 4.79 Å². The Morgan fingerprint density at radius 3 is 2.27 bits per heavy atom. The highest BCUT2D eigenvalue weighted by Gasteiger charge is 2.28. The average Bonchev–Trinajstić information content (AvgIpc) is 2.46. The van der Waals surface area contributed by atoms with E-state index in [0.717, 1.165) is 31.0 Å². The van der Waals surface area contributed by atoms with Crippen molar-refractivity contribution in [3.05, 3.63) is 29.3 Å². The summed E-state index contributed by atoms with van der Waals surface area (Å²) < 4.78 is 5.44. The fourth-order valence-corrected chi connectivity index (χ4v) is 2.77. The van der Waals surface area contributed by atoms with Crippen LogP contribution < -0.4 is 4.90 Å². The molecule has 0 aromatic heterocycles. The Morgan fingerprint density at radius 2 is 1.77 bits per heavy atom. The Kier molecular flexibility index (Phi) is 5.22. The third-order valence-electron chi connectivity index (χ3n) is 3.89. The van der Waals surface area contributed by atoms with Gasteiger partial charge in [0.1, 0.15) is 5.60 Å². The van der Waals surface area contributed by atoms with Gasteiger partial charge in [0.15, 0.2) is 0 Å². The van der Waals surface area contributed by atoms with Gasteiger partial charge in [-0.25, -0.2) is 4.79 Å². The summed E-state index contributed by atoms with van der Waals surface area (Å²) in [6.45, 7) is 7.53. The third kappa shape index (κ3) is 4.54.